The predicted molar refractivity (Wildman–Crippen MR) is 102 cm³/mol. The van der Waals surface area contributed by atoms with Gasteiger partial charge in [0.15, 0.2) is 5.58 Å². The summed E-state index contributed by atoms with van der Waals surface area (Å²) >= 11 is 0. The van der Waals surface area contributed by atoms with E-state index in [1.807, 2.05) is 29.2 Å². The third-order valence-corrected chi connectivity index (χ3v) is 5.20. The van der Waals surface area contributed by atoms with Crippen LogP contribution in [0.15, 0.2) is 46.9 Å². The van der Waals surface area contributed by atoms with Gasteiger partial charge in [-0.3, -0.25) is 4.79 Å². The van der Waals surface area contributed by atoms with Crippen molar-refractivity contribution >= 4 is 23.0 Å². The molecule has 1 amide bonds. The third kappa shape index (κ3) is 3.69. The van der Waals surface area contributed by atoms with Crippen molar-refractivity contribution in [3.8, 4) is 0 Å². The molecular weight excluding hydrogens is 364 g/mol. The highest BCUT2D eigenvalue weighted by atomic mass is 19.1. The van der Waals surface area contributed by atoms with Crippen molar-refractivity contribution in [2.45, 2.75) is 19.4 Å². The smallest absolute Gasteiger partial charge is 0.298 e. The van der Waals surface area contributed by atoms with Crippen molar-refractivity contribution in [3.05, 3.63) is 59.7 Å². The summed E-state index contributed by atoms with van der Waals surface area (Å²) in [6.45, 7) is 1.46. The van der Waals surface area contributed by atoms with E-state index in [0.29, 0.717) is 37.5 Å². The van der Waals surface area contributed by atoms with Gasteiger partial charge in [-0.1, -0.05) is 18.2 Å². The number of anilines is 1. The van der Waals surface area contributed by atoms with E-state index in [1.54, 1.807) is 7.05 Å². The number of aromatic nitrogens is 1. The Morgan fingerprint density at radius 3 is 2.68 bits per heavy atom. The van der Waals surface area contributed by atoms with Crippen LogP contribution >= 0.6 is 0 Å². The summed E-state index contributed by atoms with van der Waals surface area (Å²) in [5, 5.41) is 0. The summed E-state index contributed by atoms with van der Waals surface area (Å²) < 4.78 is 32.7. The van der Waals surface area contributed by atoms with Gasteiger partial charge >= 0.3 is 0 Å². The number of rotatable bonds is 4. The number of nitrogens with zero attached hydrogens (tertiary/aromatic N) is 3. The summed E-state index contributed by atoms with van der Waals surface area (Å²) in [7, 11) is 1.65. The molecule has 0 radical (unpaired) electrons. The number of para-hydroxylation sites is 2. The molecule has 0 unspecified atom stereocenters. The van der Waals surface area contributed by atoms with Crippen LogP contribution in [-0.2, 0) is 11.3 Å². The molecule has 2 aromatic carbocycles. The van der Waals surface area contributed by atoms with Gasteiger partial charge in [-0.15, -0.1) is 0 Å². The normalized spacial score (nSPS) is 15.2. The highest BCUT2D eigenvalue weighted by Gasteiger charge is 2.29. The lowest BCUT2D eigenvalue weighted by Crippen LogP contribution is -2.41. The lowest BCUT2D eigenvalue weighted by Gasteiger charge is -2.32. The van der Waals surface area contributed by atoms with E-state index in [9.17, 15) is 13.6 Å². The largest absolute Gasteiger partial charge is 0.423 e. The van der Waals surface area contributed by atoms with Gasteiger partial charge in [0.05, 0.1) is 0 Å². The van der Waals surface area contributed by atoms with Crippen LogP contribution < -0.4 is 4.90 Å². The number of amides is 1. The minimum absolute atomic E-state index is 0.0269. The van der Waals surface area contributed by atoms with E-state index in [1.165, 1.54) is 17.0 Å². The fourth-order valence-electron chi connectivity index (χ4n) is 3.61. The molecule has 0 N–H and O–H groups in total. The fourth-order valence-corrected chi connectivity index (χ4v) is 3.61. The van der Waals surface area contributed by atoms with Crippen molar-refractivity contribution in [2.24, 2.45) is 5.92 Å². The standard InChI is InChI=1S/C21H21F2N3O2/c1-25(13-15-6-7-16(22)12-17(15)23)20(27)14-8-10-26(11-9-14)21-24-18-4-2-3-5-19(18)28-21/h2-7,12,14H,8-11,13H2,1H3. The van der Waals surface area contributed by atoms with Crippen molar-refractivity contribution < 1.29 is 18.0 Å². The van der Waals surface area contributed by atoms with Gasteiger partial charge in [0, 0.05) is 44.2 Å². The Bertz CT molecular complexity index is 963. The molecule has 0 saturated carbocycles. The molecule has 1 aliphatic rings. The van der Waals surface area contributed by atoms with Crippen LogP contribution in [0.3, 0.4) is 0 Å². The molecule has 1 aliphatic heterocycles. The first-order valence-corrected chi connectivity index (χ1v) is 9.30. The maximum absolute atomic E-state index is 13.8. The Morgan fingerprint density at radius 1 is 1.21 bits per heavy atom. The Labute approximate surface area is 161 Å². The zero-order valence-electron chi connectivity index (χ0n) is 15.6. The molecule has 7 heteroatoms. The summed E-state index contributed by atoms with van der Waals surface area (Å²) in [6.07, 6.45) is 1.35. The van der Waals surface area contributed by atoms with E-state index in [4.69, 9.17) is 4.42 Å². The quantitative estimate of drug-likeness (QED) is 0.682. The first kappa shape index (κ1) is 18.4. The molecule has 1 fully saturated rings. The molecule has 0 aliphatic carbocycles. The molecular formula is C21H21F2N3O2. The summed E-state index contributed by atoms with van der Waals surface area (Å²) in [4.78, 5) is 20.8. The van der Waals surface area contributed by atoms with Crippen LogP contribution in [-0.4, -0.2) is 35.9 Å². The van der Waals surface area contributed by atoms with E-state index in [-0.39, 0.29) is 18.4 Å². The second-order valence-corrected chi connectivity index (χ2v) is 7.16. The maximum Gasteiger partial charge on any atom is 0.298 e. The highest BCUT2D eigenvalue weighted by molar-refractivity contribution is 5.79. The zero-order valence-corrected chi connectivity index (χ0v) is 15.6. The SMILES string of the molecule is CN(Cc1ccc(F)cc1F)C(=O)C1CCN(c2nc3ccccc3o2)CC1. The molecule has 0 bridgehead atoms. The van der Waals surface area contributed by atoms with Crippen LogP contribution in [0.1, 0.15) is 18.4 Å². The molecule has 4 rings (SSSR count). The van der Waals surface area contributed by atoms with Crippen LogP contribution in [0.2, 0.25) is 0 Å². The second-order valence-electron chi connectivity index (χ2n) is 7.16. The van der Waals surface area contributed by atoms with Gasteiger partial charge in [0.2, 0.25) is 5.91 Å². The lowest BCUT2D eigenvalue weighted by molar-refractivity contribution is -0.135. The molecule has 2 heterocycles. The molecule has 5 nitrogen and oxygen atoms in total. The molecule has 0 atom stereocenters. The number of benzene rings is 2. The van der Waals surface area contributed by atoms with Crippen LogP contribution in [0, 0.1) is 17.6 Å². The molecule has 1 saturated heterocycles. The first-order valence-electron chi connectivity index (χ1n) is 9.30. The monoisotopic (exact) mass is 385 g/mol. The van der Waals surface area contributed by atoms with Crippen LogP contribution in [0.5, 0.6) is 0 Å². The van der Waals surface area contributed by atoms with Gasteiger partial charge in [0.1, 0.15) is 17.2 Å². The Hall–Kier alpha value is -2.96. The third-order valence-electron chi connectivity index (χ3n) is 5.20. The lowest BCUT2D eigenvalue weighted by atomic mass is 9.95. The van der Waals surface area contributed by atoms with Gasteiger partial charge in [-0.05, 0) is 31.0 Å². The molecule has 1 aromatic heterocycles. The summed E-state index contributed by atoms with van der Waals surface area (Å²) in [5.41, 5.74) is 1.87. The predicted octanol–water partition coefficient (Wildman–Crippen LogP) is 3.98. The Kier molecular flexibility index (Phi) is 4.98. The number of hydrogen-bond acceptors (Lipinski definition) is 4. The van der Waals surface area contributed by atoms with Crippen molar-refractivity contribution in [1.82, 2.24) is 9.88 Å². The average molecular weight is 385 g/mol. The van der Waals surface area contributed by atoms with Crippen LogP contribution in [0.4, 0.5) is 14.8 Å². The number of hydrogen-bond donors (Lipinski definition) is 0. The number of oxazole rings is 1. The highest BCUT2D eigenvalue weighted by Crippen LogP contribution is 2.27. The van der Waals surface area contributed by atoms with Gasteiger partial charge < -0.3 is 14.2 Å². The van der Waals surface area contributed by atoms with Gasteiger partial charge in [-0.2, -0.15) is 4.98 Å². The van der Waals surface area contributed by atoms with E-state index in [0.717, 1.165) is 17.2 Å². The summed E-state index contributed by atoms with van der Waals surface area (Å²) in [6, 6.07) is 11.6. The van der Waals surface area contributed by atoms with Crippen molar-refractivity contribution in [3.63, 3.8) is 0 Å². The number of carbonyl (C=O) groups excluding carboxylic acids is 1. The van der Waals surface area contributed by atoms with Gasteiger partial charge in [-0.25, -0.2) is 8.78 Å². The fraction of sp³-hybridized carbons (Fsp3) is 0.333. The minimum atomic E-state index is -0.634. The Balaban J connectivity index is 1.36. The number of piperidine rings is 1. The van der Waals surface area contributed by atoms with E-state index >= 15 is 0 Å². The van der Waals surface area contributed by atoms with Gasteiger partial charge in [0.25, 0.3) is 6.01 Å². The van der Waals surface area contributed by atoms with Crippen LogP contribution in [0.25, 0.3) is 11.1 Å². The number of carbonyl (C=O) groups is 1. The average Bonchev–Trinajstić information content (AvgIpc) is 3.14. The van der Waals surface area contributed by atoms with E-state index in [2.05, 4.69) is 4.98 Å². The molecule has 28 heavy (non-hydrogen) atoms. The topological polar surface area (TPSA) is 49.6 Å². The van der Waals surface area contributed by atoms with Crippen molar-refractivity contribution in [2.75, 3.05) is 25.0 Å². The van der Waals surface area contributed by atoms with E-state index < -0.39 is 11.6 Å². The minimum Gasteiger partial charge on any atom is -0.423 e. The zero-order chi connectivity index (χ0) is 19.7. The summed E-state index contributed by atoms with van der Waals surface area (Å²) in [5.74, 6) is -1.41. The van der Waals surface area contributed by atoms with Crippen molar-refractivity contribution in [1.29, 1.82) is 0 Å². The molecule has 3 aromatic rings. The second kappa shape index (κ2) is 7.58. The first-order chi connectivity index (χ1) is 13.5. The number of fused-ring (bicyclic) bond motifs is 1. The molecule has 146 valence electrons. The molecule has 0 spiro atoms. The number of halogens is 2. The Morgan fingerprint density at radius 2 is 1.96 bits per heavy atom. The maximum atomic E-state index is 13.8.